The Balaban J connectivity index is 2.20. The van der Waals surface area contributed by atoms with E-state index in [0.29, 0.717) is 5.17 Å². The molecule has 0 spiro atoms. The maximum atomic E-state index is 13.1. The van der Waals surface area contributed by atoms with Crippen LogP contribution in [0.15, 0.2) is 4.99 Å². The third-order valence-electron chi connectivity index (χ3n) is 3.44. The Kier molecular flexibility index (Phi) is 5.27. The zero-order valence-electron chi connectivity index (χ0n) is 12.3. The Morgan fingerprint density at radius 1 is 1.36 bits per heavy atom. The first-order chi connectivity index (χ1) is 10.2. The van der Waals surface area contributed by atoms with Crippen LogP contribution in [0.5, 0.6) is 0 Å². The van der Waals surface area contributed by atoms with Gasteiger partial charge < -0.3 is 24.6 Å². The summed E-state index contributed by atoms with van der Waals surface area (Å²) in [4.78, 5) is 5.86. The SMILES string of the molecule is CCO[C@@H]([C@H]1O[C@@H]2SC(N(C)C)=N[C@@H]2[C@@H](O)[C@@H]1O)C(F)(F)F. The van der Waals surface area contributed by atoms with Crippen LogP contribution in [0.2, 0.25) is 0 Å². The first kappa shape index (κ1) is 17.8. The molecule has 2 heterocycles. The van der Waals surface area contributed by atoms with Gasteiger partial charge >= 0.3 is 6.18 Å². The van der Waals surface area contributed by atoms with Crippen molar-refractivity contribution in [2.75, 3.05) is 20.7 Å². The van der Waals surface area contributed by atoms with E-state index in [1.54, 1.807) is 19.0 Å². The molecule has 2 aliphatic rings. The van der Waals surface area contributed by atoms with Crippen LogP contribution in [0.4, 0.5) is 13.2 Å². The number of rotatable bonds is 3. The molecule has 2 aliphatic heterocycles. The molecule has 0 bridgehead atoms. The third-order valence-corrected chi connectivity index (χ3v) is 4.74. The normalized spacial score (nSPS) is 36.7. The zero-order valence-corrected chi connectivity index (χ0v) is 13.1. The fourth-order valence-electron chi connectivity index (χ4n) is 2.40. The molecule has 128 valence electrons. The summed E-state index contributed by atoms with van der Waals surface area (Å²) in [6.07, 6.45) is -11.9. The molecule has 10 heteroatoms. The quantitative estimate of drug-likeness (QED) is 0.774. The molecule has 0 amide bonds. The lowest BCUT2D eigenvalue weighted by Crippen LogP contribution is -2.61. The number of halogens is 3. The van der Waals surface area contributed by atoms with E-state index in [4.69, 9.17) is 9.47 Å². The van der Waals surface area contributed by atoms with Crippen LogP contribution in [0.25, 0.3) is 0 Å². The number of thioether (sulfide) groups is 1. The summed E-state index contributed by atoms with van der Waals surface area (Å²) in [5.41, 5.74) is -0.786. The maximum absolute atomic E-state index is 13.1. The van der Waals surface area contributed by atoms with E-state index in [-0.39, 0.29) is 6.61 Å². The van der Waals surface area contributed by atoms with Crippen molar-refractivity contribution in [2.24, 2.45) is 4.99 Å². The Morgan fingerprint density at radius 3 is 2.50 bits per heavy atom. The molecule has 1 fully saturated rings. The van der Waals surface area contributed by atoms with Crippen LogP contribution in [-0.2, 0) is 9.47 Å². The smallest absolute Gasteiger partial charge is 0.388 e. The number of hydrogen-bond acceptors (Lipinski definition) is 7. The summed E-state index contributed by atoms with van der Waals surface area (Å²) in [5, 5.41) is 20.7. The molecule has 22 heavy (non-hydrogen) atoms. The van der Waals surface area contributed by atoms with Crippen LogP contribution in [0.1, 0.15) is 6.92 Å². The van der Waals surface area contributed by atoms with Gasteiger partial charge in [0.05, 0.1) is 0 Å². The molecule has 0 aromatic heterocycles. The molecule has 0 saturated carbocycles. The van der Waals surface area contributed by atoms with Crippen LogP contribution < -0.4 is 0 Å². The number of aliphatic hydroxyl groups is 2. The van der Waals surface area contributed by atoms with Crippen molar-refractivity contribution >= 4 is 16.9 Å². The monoisotopic (exact) mass is 344 g/mol. The highest BCUT2D eigenvalue weighted by Gasteiger charge is 2.57. The zero-order chi connectivity index (χ0) is 16.7. The molecular weight excluding hydrogens is 325 g/mol. The summed E-state index contributed by atoms with van der Waals surface area (Å²) in [6.45, 7) is 1.23. The summed E-state index contributed by atoms with van der Waals surface area (Å²) in [5.74, 6) is 0. The standard InChI is InChI=1S/C12H19F3N2O4S/c1-4-20-9(12(13,14)15)8-7(19)6(18)5-10(21-8)22-11(16-5)17(2)3/h5-10,18-19H,4H2,1-3H3/t5-,6-,7+,8+,9+,10-/m1/s1. The number of fused-ring (bicyclic) bond motifs is 1. The van der Waals surface area contributed by atoms with E-state index in [2.05, 4.69) is 4.99 Å². The van der Waals surface area contributed by atoms with E-state index in [0.717, 1.165) is 11.8 Å². The van der Waals surface area contributed by atoms with Gasteiger partial charge in [-0.2, -0.15) is 13.2 Å². The van der Waals surface area contributed by atoms with Crippen molar-refractivity contribution in [3.05, 3.63) is 0 Å². The fraction of sp³-hybridized carbons (Fsp3) is 0.917. The number of nitrogens with zero attached hydrogens (tertiary/aromatic N) is 2. The number of aliphatic imine (C=N–C) groups is 1. The number of aliphatic hydroxyl groups excluding tert-OH is 2. The third kappa shape index (κ3) is 3.35. The van der Waals surface area contributed by atoms with Crippen molar-refractivity contribution in [1.29, 1.82) is 0 Å². The number of alkyl halides is 3. The van der Waals surface area contributed by atoms with Gasteiger partial charge in [0.25, 0.3) is 0 Å². The minimum atomic E-state index is -4.71. The van der Waals surface area contributed by atoms with Gasteiger partial charge in [0, 0.05) is 20.7 Å². The molecule has 2 N–H and O–H groups in total. The van der Waals surface area contributed by atoms with E-state index < -0.39 is 42.1 Å². The Labute approximate surface area is 130 Å². The minimum Gasteiger partial charge on any atom is -0.388 e. The first-order valence-corrected chi connectivity index (χ1v) is 7.66. The average Bonchev–Trinajstić information content (AvgIpc) is 2.83. The van der Waals surface area contributed by atoms with Crippen molar-refractivity contribution < 1.29 is 32.9 Å². The Bertz CT molecular complexity index is 435. The van der Waals surface area contributed by atoms with Gasteiger partial charge in [-0.3, -0.25) is 4.99 Å². The van der Waals surface area contributed by atoms with Gasteiger partial charge in [0.15, 0.2) is 11.3 Å². The van der Waals surface area contributed by atoms with E-state index in [9.17, 15) is 23.4 Å². The summed E-state index contributed by atoms with van der Waals surface area (Å²) >= 11 is 1.12. The minimum absolute atomic E-state index is 0.187. The summed E-state index contributed by atoms with van der Waals surface area (Å²) in [6, 6.07) is -0.802. The van der Waals surface area contributed by atoms with Gasteiger partial charge in [-0.05, 0) is 6.92 Å². The second kappa shape index (κ2) is 6.52. The van der Waals surface area contributed by atoms with E-state index in [1.165, 1.54) is 6.92 Å². The lowest BCUT2D eigenvalue weighted by Gasteiger charge is -2.41. The van der Waals surface area contributed by atoms with Crippen LogP contribution >= 0.6 is 11.8 Å². The van der Waals surface area contributed by atoms with Gasteiger partial charge in [-0.1, -0.05) is 11.8 Å². The molecule has 2 rings (SSSR count). The largest absolute Gasteiger partial charge is 0.417 e. The van der Waals surface area contributed by atoms with Gasteiger partial charge in [0.1, 0.15) is 29.8 Å². The van der Waals surface area contributed by atoms with Crippen molar-refractivity contribution in [2.45, 2.75) is 49.0 Å². The predicted molar refractivity (Wildman–Crippen MR) is 74.6 cm³/mol. The summed E-state index contributed by atoms with van der Waals surface area (Å²) in [7, 11) is 3.45. The molecule has 6 atom stereocenters. The van der Waals surface area contributed by atoms with Crippen molar-refractivity contribution in [1.82, 2.24) is 4.90 Å². The predicted octanol–water partition coefficient (Wildman–Crippen LogP) is 0.433. The highest BCUT2D eigenvalue weighted by molar-refractivity contribution is 8.14. The van der Waals surface area contributed by atoms with Crippen LogP contribution in [-0.4, -0.2) is 83.1 Å². The second-order valence-electron chi connectivity index (χ2n) is 5.28. The topological polar surface area (TPSA) is 74.5 Å². The molecular formula is C12H19F3N2O4S. The molecule has 0 unspecified atom stereocenters. The van der Waals surface area contributed by atoms with Gasteiger partial charge in [-0.25, -0.2) is 0 Å². The molecule has 0 aromatic rings. The first-order valence-electron chi connectivity index (χ1n) is 6.78. The van der Waals surface area contributed by atoms with E-state index in [1.807, 2.05) is 0 Å². The number of amidine groups is 1. The summed E-state index contributed by atoms with van der Waals surface area (Å²) < 4.78 is 49.4. The molecule has 0 radical (unpaired) electrons. The maximum Gasteiger partial charge on any atom is 0.417 e. The molecule has 1 saturated heterocycles. The highest BCUT2D eigenvalue weighted by atomic mass is 32.2. The lowest BCUT2D eigenvalue weighted by molar-refractivity contribution is -0.283. The number of hydrogen-bond donors (Lipinski definition) is 2. The Morgan fingerprint density at radius 2 is 2.00 bits per heavy atom. The average molecular weight is 344 g/mol. The van der Waals surface area contributed by atoms with Gasteiger partial charge in [-0.15, -0.1) is 0 Å². The fourth-order valence-corrected chi connectivity index (χ4v) is 3.54. The van der Waals surface area contributed by atoms with Gasteiger partial charge in [0.2, 0.25) is 0 Å². The molecule has 0 aliphatic carbocycles. The van der Waals surface area contributed by atoms with Crippen LogP contribution in [0, 0.1) is 0 Å². The van der Waals surface area contributed by atoms with Crippen molar-refractivity contribution in [3.8, 4) is 0 Å². The Hall–Kier alpha value is -0.550. The molecule has 0 aromatic carbocycles. The van der Waals surface area contributed by atoms with Crippen molar-refractivity contribution in [3.63, 3.8) is 0 Å². The van der Waals surface area contributed by atoms with E-state index >= 15 is 0 Å². The number of ether oxygens (including phenoxy) is 2. The second-order valence-corrected chi connectivity index (χ2v) is 6.35. The molecule has 6 nitrogen and oxygen atoms in total. The highest BCUT2D eigenvalue weighted by Crippen LogP contribution is 2.40. The lowest BCUT2D eigenvalue weighted by atomic mass is 9.94. The van der Waals surface area contributed by atoms with Crippen LogP contribution in [0.3, 0.4) is 0 Å².